The Labute approximate surface area is 226 Å². The van der Waals surface area contributed by atoms with Crippen LogP contribution in [0.25, 0.3) is 0 Å². The number of aryl methyl sites for hydroxylation is 2. The Balaban J connectivity index is 1.87. The topological polar surface area (TPSA) is 141 Å². The number of nitrogens with two attached hydrogens (primary N) is 2. The lowest BCUT2D eigenvalue weighted by Gasteiger charge is -2.33. The zero-order valence-corrected chi connectivity index (χ0v) is 22.6. The van der Waals surface area contributed by atoms with Gasteiger partial charge in [0.25, 0.3) is 11.8 Å². The summed E-state index contributed by atoms with van der Waals surface area (Å²) in [4.78, 5) is 41.6. The van der Waals surface area contributed by atoms with E-state index < -0.39 is 17.9 Å². The minimum Gasteiger partial charge on any atom is -0.497 e. The van der Waals surface area contributed by atoms with E-state index in [0.717, 1.165) is 54.8 Å². The third-order valence-corrected chi connectivity index (χ3v) is 7.60. The van der Waals surface area contributed by atoms with Crippen LogP contribution >= 0.6 is 11.5 Å². The summed E-state index contributed by atoms with van der Waals surface area (Å²) in [6, 6.07) is 11.8. The molecule has 10 heteroatoms. The van der Waals surface area contributed by atoms with Gasteiger partial charge >= 0.3 is 0 Å². The van der Waals surface area contributed by atoms with Crippen LogP contribution in [0.2, 0.25) is 0 Å². The molecule has 1 saturated carbocycles. The molecule has 1 aromatic heterocycles. The number of primary amides is 1. The van der Waals surface area contributed by atoms with Crippen molar-refractivity contribution < 1.29 is 19.1 Å². The van der Waals surface area contributed by atoms with E-state index in [1.54, 1.807) is 31.4 Å². The Morgan fingerprint density at radius 3 is 2.24 bits per heavy atom. The third-order valence-electron chi connectivity index (χ3n) is 6.75. The van der Waals surface area contributed by atoms with Crippen LogP contribution in [0.1, 0.15) is 75.0 Å². The largest absolute Gasteiger partial charge is 0.497 e. The van der Waals surface area contributed by atoms with Crippen molar-refractivity contribution in [2.45, 2.75) is 58.0 Å². The number of nitrogen functional groups attached to an aromatic ring is 1. The minimum absolute atomic E-state index is 0.0307. The molecule has 1 atom stereocenters. The normalized spacial score (nSPS) is 14.5. The van der Waals surface area contributed by atoms with Crippen LogP contribution in [0.15, 0.2) is 42.5 Å². The van der Waals surface area contributed by atoms with Gasteiger partial charge in [-0.25, -0.2) is 0 Å². The number of rotatable bonds is 8. The molecule has 1 unspecified atom stereocenters. The van der Waals surface area contributed by atoms with E-state index in [1.165, 1.54) is 4.90 Å². The van der Waals surface area contributed by atoms with E-state index in [9.17, 15) is 14.4 Å². The van der Waals surface area contributed by atoms with Crippen molar-refractivity contribution in [3.05, 3.63) is 69.7 Å². The predicted molar refractivity (Wildman–Crippen MR) is 149 cm³/mol. The molecular weight excluding hydrogens is 502 g/mol. The van der Waals surface area contributed by atoms with Gasteiger partial charge in [0.2, 0.25) is 5.91 Å². The second-order valence-corrected chi connectivity index (χ2v) is 10.5. The van der Waals surface area contributed by atoms with Crippen molar-refractivity contribution >= 4 is 40.6 Å². The summed E-state index contributed by atoms with van der Waals surface area (Å²) < 4.78 is 9.34. The molecule has 1 aliphatic carbocycles. The van der Waals surface area contributed by atoms with Gasteiger partial charge in [0.1, 0.15) is 16.7 Å². The molecule has 0 bridgehead atoms. The Bertz CT molecular complexity index is 1310. The van der Waals surface area contributed by atoms with Crippen LogP contribution in [0.4, 0.5) is 11.4 Å². The molecule has 0 aliphatic heterocycles. The van der Waals surface area contributed by atoms with Crippen LogP contribution in [-0.4, -0.2) is 35.2 Å². The zero-order chi connectivity index (χ0) is 27.4. The average molecular weight is 536 g/mol. The van der Waals surface area contributed by atoms with Crippen molar-refractivity contribution in [3.63, 3.8) is 0 Å². The van der Waals surface area contributed by atoms with E-state index in [4.69, 9.17) is 16.2 Å². The summed E-state index contributed by atoms with van der Waals surface area (Å²) in [5.41, 5.74) is 14.3. The number of ether oxygens (including phenoxy) is 1. The number of hydrogen-bond acceptors (Lipinski definition) is 7. The van der Waals surface area contributed by atoms with Gasteiger partial charge in [-0.2, -0.15) is 4.37 Å². The van der Waals surface area contributed by atoms with Gasteiger partial charge in [-0.05, 0) is 79.2 Å². The number of anilines is 2. The van der Waals surface area contributed by atoms with Gasteiger partial charge in [0.05, 0.1) is 12.8 Å². The van der Waals surface area contributed by atoms with Crippen molar-refractivity contribution in [2.24, 2.45) is 5.73 Å². The van der Waals surface area contributed by atoms with Crippen molar-refractivity contribution in [2.75, 3.05) is 17.7 Å². The Morgan fingerprint density at radius 2 is 1.68 bits per heavy atom. The van der Waals surface area contributed by atoms with E-state index in [2.05, 4.69) is 9.69 Å². The molecule has 38 heavy (non-hydrogen) atoms. The minimum atomic E-state index is -1.02. The highest BCUT2D eigenvalue weighted by Gasteiger charge is 2.37. The van der Waals surface area contributed by atoms with E-state index in [-0.39, 0.29) is 28.2 Å². The SMILES string of the molecule is COc1ccc(C(C(=O)NC2CCCCC2)N(C(=O)c2snc(C(N)=O)c2N)c2cc(C)cc(C)c2)cc1. The van der Waals surface area contributed by atoms with Crippen LogP contribution in [0.3, 0.4) is 0 Å². The van der Waals surface area contributed by atoms with Crippen molar-refractivity contribution in [1.29, 1.82) is 0 Å². The van der Waals surface area contributed by atoms with Crippen LogP contribution < -0.4 is 26.4 Å². The fraction of sp³-hybridized carbons (Fsp3) is 0.357. The van der Waals surface area contributed by atoms with Crippen LogP contribution in [0, 0.1) is 13.8 Å². The number of aromatic nitrogens is 1. The standard InChI is InChI=1S/C28H33N5O4S/c1-16-13-17(2)15-20(14-16)33(28(36)25-22(29)23(26(30)34)32-38-25)24(18-9-11-21(37-3)12-10-18)27(35)31-19-7-5-4-6-8-19/h9-15,19,24H,4-8,29H2,1-3H3,(H2,30,34)(H,31,35). The highest BCUT2D eigenvalue weighted by molar-refractivity contribution is 7.09. The maximum absolute atomic E-state index is 14.2. The highest BCUT2D eigenvalue weighted by atomic mass is 32.1. The summed E-state index contributed by atoms with van der Waals surface area (Å²) in [5, 5.41) is 3.19. The summed E-state index contributed by atoms with van der Waals surface area (Å²) in [6.07, 6.45) is 5.02. The maximum Gasteiger partial charge on any atom is 0.273 e. The molecule has 200 valence electrons. The van der Waals surface area contributed by atoms with Gasteiger partial charge < -0.3 is 21.5 Å². The first-order chi connectivity index (χ1) is 18.2. The number of hydrogen-bond donors (Lipinski definition) is 3. The molecule has 0 spiro atoms. The molecule has 2 aromatic carbocycles. The average Bonchev–Trinajstić information content (AvgIpc) is 3.28. The smallest absolute Gasteiger partial charge is 0.273 e. The lowest BCUT2D eigenvalue weighted by molar-refractivity contribution is -0.123. The first kappa shape index (κ1) is 27.1. The molecule has 3 amide bonds. The van der Waals surface area contributed by atoms with Crippen molar-refractivity contribution in [3.8, 4) is 5.75 Å². The second kappa shape index (κ2) is 11.6. The predicted octanol–water partition coefficient (Wildman–Crippen LogP) is 4.29. The first-order valence-electron chi connectivity index (χ1n) is 12.6. The fourth-order valence-electron chi connectivity index (χ4n) is 4.94. The second-order valence-electron chi connectivity index (χ2n) is 9.68. The summed E-state index contributed by atoms with van der Waals surface area (Å²) in [7, 11) is 1.57. The number of nitrogens with zero attached hydrogens (tertiary/aromatic N) is 2. The quantitative estimate of drug-likeness (QED) is 0.393. The maximum atomic E-state index is 14.2. The Hall–Kier alpha value is -3.92. The Kier molecular flexibility index (Phi) is 8.31. The van der Waals surface area contributed by atoms with E-state index >= 15 is 0 Å². The fourth-order valence-corrected chi connectivity index (χ4v) is 5.69. The van der Waals surface area contributed by atoms with E-state index in [0.29, 0.717) is 17.0 Å². The van der Waals surface area contributed by atoms with Crippen LogP contribution in [0.5, 0.6) is 5.75 Å². The molecule has 0 saturated heterocycles. The molecule has 3 aromatic rings. The van der Waals surface area contributed by atoms with E-state index in [1.807, 2.05) is 32.0 Å². The molecule has 5 N–H and O–H groups in total. The monoisotopic (exact) mass is 535 g/mol. The zero-order valence-electron chi connectivity index (χ0n) is 21.8. The summed E-state index contributed by atoms with van der Waals surface area (Å²) in [6.45, 7) is 3.85. The lowest BCUT2D eigenvalue weighted by Crippen LogP contribution is -2.47. The molecule has 1 heterocycles. The molecule has 1 aliphatic rings. The number of amides is 3. The first-order valence-corrected chi connectivity index (χ1v) is 13.4. The van der Waals surface area contributed by atoms with Gasteiger partial charge in [-0.15, -0.1) is 0 Å². The van der Waals surface area contributed by atoms with Gasteiger partial charge in [0, 0.05) is 11.7 Å². The number of carbonyl (C=O) groups is 3. The van der Waals surface area contributed by atoms with Crippen molar-refractivity contribution in [1.82, 2.24) is 9.69 Å². The molecular formula is C28H33N5O4S. The Morgan fingerprint density at radius 1 is 1.05 bits per heavy atom. The molecule has 9 nitrogen and oxygen atoms in total. The van der Waals surface area contributed by atoms with Gasteiger partial charge in [-0.3, -0.25) is 19.3 Å². The molecule has 4 rings (SSSR count). The van der Waals surface area contributed by atoms with Crippen LogP contribution in [-0.2, 0) is 4.79 Å². The van der Waals surface area contributed by atoms with Gasteiger partial charge in [-0.1, -0.05) is 37.5 Å². The molecule has 1 fully saturated rings. The third kappa shape index (κ3) is 5.80. The van der Waals surface area contributed by atoms with Gasteiger partial charge in [0.15, 0.2) is 5.69 Å². The molecule has 0 radical (unpaired) electrons. The highest BCUT2D eigenvalue weighted by Crippen LogP contribution is 2.35. The summed E-state index contributed by atoms with van der Waals surface area (Å²) in [5.74, 6) is -1.04. The number of methoxy groups -OCH3 is 1. The number of carbonyl (C=O) groups excluding carboxylic acids is 3. The number of nitrogens with one attached hydrogen (secondary N) is 1. The number of benzene rings is 2. The summed E-state index contributed by atoms with van der Waals surface area (Å²) >= 11 is 0.791. The lowest BCUT2D eigenvalue weighted by atomic mass is 9.94.